The number of unbranched alkanes of at least 4 members (excludes halogenated alkanes) is 30. The van der Waals surface area contributed by atoms with Gasteiger partial charge in [0.15, 0.2) is 0 Å². The van der Waals surface area contributed by atoms with Gasteiger partial charge in [-0.25, -0.2) is 0 Å². The molecule has 1 nitrogen and oxygen atoms in total. The van der Waals surface area contributed by atoms with E-state index in [-0.39, 0.29) is 0 Å². The van der Waals surface area contributed by atoms with Crippen LogP contribution in [-0.4, -0.2) is 24.6 Å². The molecule has 1 aromatic rings. The molecular formula is C45H86N+. The van der Waals surface area contributed by atoms with Crippen molar-refractivity contribution in [3.05, 3.63) is 35.9 Å². The molecule has 0 bridgehead atoms. The Labute approximate surface area is 292 Å². The summed E-state index contributed by atoms with van der Waals surface area (Å²) >= 11 is 0. The van der Waals surface area contributed by atoms with Crippen molar-refractivity contribution in [1.29, 1.82) is 0 Å². The Morgan fingerprint density at radius 1 is 0.370 bits per heavy atom. The first-order chi connectivity index (χ1) is 22.6. The molecule has 0 aliphatic rings. The Kier molecular flexibility index (Phi) is 30.7. The zero-order valence-corrected chi connectivity index (χ0v) is 32.5. The van der Waals surface area contributed by atoms with Crippen molar-refractivity contribution in [2.45, 2.75) is 232 Å². The third kappa shape index (κ3) is 25.2. The summed E-state index contributed by atoms with van der Waals surface area (Å²) in [5, 5.41) is 0. The topological polar surface area (TPSA) is 0 Å². The van der Waals surface area contributed by atoms with E-state index >= 15 is 0 Å². The molecule has 1 unspecified atom stereocenters. The minimum Gasteiger partial charge on any atom is -0.320 e. The zero-order valence-electron chi connectivity index (χ0n) is 32.5. The highest BCUT2D eigenvalue weighted by atomic mass is 15.3. The van der Waals surface area contributed by atoms with Crippen LogP contribution in [0.25, 0.3) is 0 Å². The largest absolute Gasteiger partial charge is 0.320 e. The van der Waals surface area contributed by atoms with E-state index in [1.807, 2.05) is 0 Å². The van der Waals surface area contributed by atoms with E-state index in [1.165, 1.54) is 229 Å². The second kappa shape index (κ2) is 32.7. The first-order valence-electron chi connectivity index (χ1n) is 21.5. The van der Waals surface area contributed by atoms with Crippen LogP contribution in [0.1, 0.15) is 238 Å². The van der Waals surface area contributed by atoms with Gasteiger partial charge in [0.25, 0.3) is 0 Å². The van der Waals surface area contributed by atoms with Gasteiger partial charge in [0, 0.05) is 5.56 Å². The summed E-state index contributed by atoms with van der Waals surface area (Å²) in [5.41, 5.74) is 1.53. The molecule has 1 rings (SSSR count). The minimum absolute atomic E-state index is 0.592. The van der Waals surface area contributed by atoms with Crippen LogP contribution in [-0.2, 0) is 0 Å². The average Bonchev–Trinajstić information content (AvgIpc) is 3.08. The van der Waals surface area contributed by atoms with Crippen LogP contribution in [0.15, 0.2) is 30.3 Å². The quantitative estimate of drug-likeness (QED) is 0.0506. The molecule has 1 atom stereocenters. The monoisotopic (exact) mass is 641 g/mol. The molecule has 0 N–H and O–H groups in total. The summed E-state index contributed by atoms with van der Waals surface area (Å²) < 4.78 is 1.22. The van der Waals surface area contributed by atoms with Crippen molar-refractivity contribution in [2.24, 2.45) is 0 Å². The fourth-order valence-corrected chi connectivity index (χ4v) is 7.63. The van der Waals surface area contributed by atoms with E-state index in [0.29, 0.717) is 6.04 Å². The third-order valence-electron chi connectivity index (χ3n) is 11.3. The third-order valence-corrected chi connectivity index (χ3v) is 11.3. The highest BCUT2D eigenvalue weighted by molar-refractivity contribution is 5.16. The maximum absolute atomic E-state index is 2.56. The van der Waals surface area contributed by atoms with E-state index in [9.17, 15) is 0 Å². The van der Waals surface area contributed by atoms with E-state index in [2.05, 4.69) is 58.2 Å². The van der Waals surface area contributed by atoms with Gasteiger partial charge in [0.05, 0.1) is 20.1 Å². The van der Waals surface area contributed by atoms with Crippen LogP contribution < -0.4 is 0 Å². The average molecular weight is 641 g/mol. The van der Waals surface area contributed by atoms with Gasteiger partial charge in [-0.3, -0.25) is 0 Å². The van der Waals surface area contributed by atoms with Crippen molar-refractivity contribution in [3.8, 4) is 0 Å². The SMILES string of the molecule is CCCCCCCCCCCCCCCCCC[N+](C)(CCCCCCCCCCCCCCCCCC)C(C)c1ccccc1. The number of hydrogen-bond donors (Lipinski definition) is 0. The van der Waals surface area contributed by atoms with Crippen LogP contribution in [0.4, 0.5) is 0 Å². The Balaban J connectivity index is 2.12. The van der Waals surface area contributed by atoms with Gasteiger partial charge in [-0.2, -0.15) is 0 Å². The van der Waals surface area contributed by atoms with E-state index in [4.69, 9.17) is 0 Å². The second-order valence-corrected chi connectivity index (χ2v) is 15.6. The standard InChI is InChI=1S/C45H86N/c1-5-7-9-11-13-15-17-19-21-23-25-27-29-31-33-38-42-46(4,44(3)45-40-36-35-37-41-45)43-39-34-32-30-28-26-24-22-20-18-16-14-12-10-8-6-2/h35-37,40-41,44H,5-34,38-39,42-43H2,1-4H3/q+1. The summed E-state index contributed by atoms with van der Waals surface area (Å²) in [6.45, 7) is 9.80. The number of hydrogen-bond acceptors (Lipinski definition) is 0. The molecule has 0 saturated carbocycles. The van der Waals surface area contributed by atoms with Crippen LogP contribution in [0.3, 0.4) is 0 Å². The summed E-state index contributed by atoms with van der Waals surface area (Å²) in [4.78, 5) is 0. The normalized spacial score (nSPS) is 12.6. The minimum atomic E-state index is 0.592. The number of nitrogens with zero attached hydrogens (tertiary/aromatic N) is 1. The van der Waals surface area contributed by atoms with Gasteiger partial charge in [0.2, 0.25) is 0 Å². The summed E-state index contributed by atoms with van der Waals surface area (Å²) in [5.74, 6) is 0. The second-order valence-electron chi connectivity index (χ2n) is 15.6. The molecule has 46 heavy (non-hydrogen) atoms. The highest BCUT2D eigenvalue weighted by Gasteiger charge is 2.29. The van der Waals surface area contributed by atoms with Crippen molar-refractivity contribution in [1.82, 2.24) is 0 Å². The van der Waals surface area contributed by atoms with E-state index in [1.54, 1.807) is 0 Å². The molecule has 0 aliphatic carbocycles. The first-order valence-corrected chi connectivity index (χ1v) is 21.5. The molecule has 0 fully saturated rings. The maximum atomic E-state index is 2.56. The van der Waals surface area contributed by atoms with E-state index in [0.717, 1.165) is 0 Å². The van der Waals surface area contributed by atoms with Gasteiger partial charge in [-0.15, -0.1) is 0 Å². The fraction of sp³-hybridized carbons (Fsp3) is 0.867. The van der Waals surface area contributed by atoms with Gasteiger partial charge in [0.1, 0.15) is 6.04 Å². The Hall–Kier alpha value is -0.820. The van der Waals surface area contributed by atoms with Crippen molar-refractivity contribution >= 4 is 0 Å². The fourth-order valence-electron chi connectivity index (χ4n) is 7.63. The molecule has 1 heteroatoms. The highest BCUT2D eigenvalue weighted by Crippen LogP contribution is 2.29. The lowest BCUT2D eigenvalue weighted by Crippen LogP contribution is -2.47. The van der Waals surface area contributed by atoms with Crippen molar-refractivity contribution in [2.75, 3.05) is 20.1 Å². The molecule has 0 aromatic heterocycles. The van der Waals surface area contributed by atoms with Gasteiger partial charge < -0.3 is 4.48 Å². The zero-order chi connectivity index (χ0) is 33.2. The predicted molar refractivity (Wildman–Crippen MR) is 210 cm³/mol. The first kappa shape index (κ1) is 43.2. The lowest BCUT2D eigenvalue weighted by molar-refractivity contribution is -0.938. The summed E-state index contributed by atoms with van der Waals surface area (Å²) in [6.07, 6.45) is 46.4. The lowest BCUT2D eigenvalue weighted by atomic mass is 10.0. The molecule has 270 valence electrons. The number of benzene rings is 1. The lowest BCUT2D eigenvalue weighted by Gasteiger charge is -2.41. The van der Waals surface area contributed by atoms with Gasteiger partial charge >= 0.3 is 0 Å². The maximum Gasteiger partial charge on any atom is 0.112 e. The predicted octanol–water partition coefficient (Wildman–Crippen LogP) is 15.7. The van der Waals surface area contributed by atoms with E-state index < -0.39 is 0 Å². The summed E-state index contributed by atoms with van der Waals surface area (Å²) in [6, 6.07) is 12.0. The molecular weight excluding hydrogens is 555 g/mol. The van der Waals surface area contributed by atoms with Crippen LogP contribution in [0, 0.1) is 0 Å². The Bertz CT molecular complexity index is 675. The Morgan fingerprint density at radius 2 is 0.609 bits per heavy atom. The molecule has 1 aromatic carbocycles. The van der Waals surface area contributed by atoms with Gasteiger partial charge in [-0.1, -0.05) is 224 Å². The van der Waals surface area contributed by atoms with Crippen LogP contribution >= 0.6 is 0 Å². The molecule has 0 amide bonds. The van der Waals surface area contributed by atoms with Crippen molar-refractivity contribution < 1.29 is 4.48 Å². The molecule has 0 radical (unpaired) electrons. The Morgan fingerprint density at radius 3 is 0.870 bits per heavy atom. The van der Waals surface area contributed by atoms with Crippen molar-refractivity contribution in [3.63, 3.8) is 0 Å². The van der Waals surface area contributed by atoms with Crippen LogP contribution in [0.5, 0.6) is 0 Å². The summed E-state index contributed by atoms with van der Waals surface area (Å²) in [7, 11) is 2.56. The van der Waals surface area contributed by atoms with Gasteiger partial charge in [-0.05, 0) is 32.6 Å². The molecule has 0 heterocycles. The molecule has 0 spiro atoms. The molecule has 0 saturated heterocycles. The number of quaternary nitrogens is 1. The molecule has 0 aliphatic heterocycles. The smallest absolute Gasteiger partial charge is 0.112 e. The number of rotatable bonds is 36. The van der Waals surface area contributed by atoms with Crippen LogP contribution in [0.2, 0.25) is 0 Å².